The van der Waals surface area contributed by atoms with Crippen LogP contribution in [0.25, 0.3) is 11.0 Å². The van der Waals surface area contributed by atoms with Gasteiger partial charge in [-0.15, -0.1) is 0 Å². The number of hydrogen-bond acceptors (Lipinski definition) is 7. The van der Waals surface area contributed by atoms with Crippen LogP contribution in [0.15, 0.2) is 61.6 Å². The first-order valence-electron chi connectivity index (χ1n) is 11.3. The van der Waals surface area contributed by atoms with Crippen molar-refractivity contribution in [2.24, 2.45) is 0 Å². The van der Waals surface area contributed by atoms with Gasteiger partial charge in [-0.3, -0.25) is 14.9 Å². The fourth-order valence-corrected chi connectivity index (χ4v) is 4.49. The predicted molar refractivity (Wildman–Crippen MR) is 134 cm³/mol. The number of fused-ring (bicyclic) bond motifs is 1. The number of carbonyl (C=O) groups is 1. The molecule has 9 nitrogen and oxygen atoms in total. The summed E-state index contributed by atoms with van der Waals surface area (Å²) in [5.41, 5.74) is 3.14. The molecule has 10 heteroatoms. The molecule has 5 rings (SSSR count). The third-order valence-electron chi connectivity index (χ3n) is 6.06. The molecule has 2 N–H and O–H groups in total. The number of pyridine rings is 1. The normalized spacial score (nSPS) is 14.1. The predicted octanol–water partition coefficient (Wildman–Crippen LogP) is 4.62. The minimum Gasteiger partial charge on any atom is -0.486 e. The van der Waals surface area contributed by atoms with Crippen LogP contribution in [0.1, 0.15) is 30.1 Å². The number of nitrogens with one attached hydrogen (secondary N) is 2. The summed E-state index contributed by atoms with van der Waals surface area (Å²) in [4.78, 5) is 26.8. The molecule has 1 aliphatic heterocycles. The average molecular weight is 490 g/mol. The molecule has 1 aromatic carbocycles. The molecule has 0 saturated carbocycles. The quantitative estimate of drug-likeness (QED) is 0.365. The molecule has 1 fully saturated rings. The van der Waals surface area contributed by atoms with Crippen molar-refractivity contribution >= 4 is 40.0 Å². The number of aromatic nitrogens is 5. The fraction of sp³-hybridized carbons (Fsp3) is 0.240. The number of piperidine rings is 1. The van der Waals surface area contributed by atoms with Crippen molar-refractivity contribution in [1.29, 1.82) is 0 Å². The number of hydrogen-bond donors (Lipinski definition) is 2. The number of amides is 1. The maximum atomic E-state index is 11.9. The van der Waals surface area contributed by atoms with Crippen LogP contribution in [0, 0.1) is 0 Å². The molecule has 1 amide bonds. The zero-order valence-corrected chi connectivity index (χ0v) is 19.7. The van der Waals surface area contributed by atoms with Gasteiger partial charge in [-0.2, -0.15) is 5.10 Å². The molecule has 4 heterocycles. The number of likely N-dealkylation sites (tertiary alicyclic amines) is 1. The largest absolute Gasteiger partial charge is 0.486 e. The molecule has 1 saturated heterocycles. The van der Waals surface area contributed by atoms with E-state index in [1.54, 1.807) is 12.3 Å². The van der Waals surface area contributed by atoms with Crippen LogP contribution in [-0.2, 0) is 11.4 Å². The second kappa shape index (κ2) is 10.1. The second-order valence-electron chi connectivity index (χ2n) is 8.24. The first kappa shape index (κ1) is 22.8. The number of carbonyl (C=O) groups excluding carboxylic acids is 1. The summed E-state index contributed by atoms with van der Waals surface area (Å²) in [6.07, 6.45) is 6.21. The highest BCUT2D eigenvalue weighted by Gasteiger charge is 2.27. The van der Waals surface area contributed by atoms with E-state index < -0.39 is 0 Å². The molecule has 0 unspecified atom stereocenters. The Bertz CT molecular complexity index is 1350. The summed E-state index contributed by atoms with van der Waals surface area (Å²) < 4.78 is 5.82. The topological polar surface area (TPSA) is 109 Å². The van der Waals surface area contributed by atoms with E-state index in [1.807, 2.05) is 35.2 Å². The number of anilines is 2. The van der Waals surface area contributed by atoms with Crippen LogP contribution in [0.4, 0.5) is 11.5 Å². The highest BCUT2D eigenvalue weighted by Crippen LogP contribution is 2.36. The van der Waals surface area contributed by atoms with Gasteiger partial charge in [0.15, 0.2) is 5.65 Å². The summed E-state index contributed by atoms with van der Waals surface area (Å²) in [7, 11) is 0. The maximum Gasteiger partial charge on any atom is 0.245 e. The lowest BCUT2D eigenvalue weighted by atomic mass is 9.92. The number of nitrogens with zero attached hydrogens (tertiary/aromatic N) is 5. The number of benzene rings is 1. The number of halogens is 1. The van der Waals surface area contributed by atoms with Gasteiger partial charge < -0.3 is 15.0 Å². The van der Waals surface area contributed by atoms with E-state index >= 15 is 0 Å². The van der Waals surface area contributed by atoms with Crippen molar-refractivity contribution in [3.05, 3.63) is 78.0 Å². The lowest BCUT2D eigenvalue weighted by Crippen LogP contribution is -2.36. The van der Waals surface area contributed by atoms with Gasteiger partial charge in [0.05, 0.1) is 21.8 Å². The zero-order chi connectivity index (χ0) is 24.2. The Kier molecular flexibility index (Phi) is 6.58. The van der Waals surface area contributed by atoms with Gasteiger partial charge in [-0.1, -0.05) is 24.2 Å². The smallest absolute Gasteiger partial charge is 0.245 e. The zero-order valence-electron chi connectivity index (χ0n) is 18.9. The van der Waals surface area contributed by atoms with Gasteiger partial charge in [0, 0.05) is 30.9 Å². The summed E-state index contributed by atoms with van der Waals surface area (Å²) in [6, 6.07) is 11.2. The van der Waals surface area contributed by atoms with Crippen molar-refractivity contribution in [3.63, 3.8) is 0 Å². The summed E-state index contributed by atoms with van der Waals surface area (Å²) in [6.45, 7) is 5.25. The Labute approximate surface area is 207 Å². The Morgan fingerprint density at radius 2 is 2.09 bits per heavy atom. The first-order valence-corrected chi connectivity index (χ1v) is 11.7. The molecule has 0 atom stereocenters. The van der Waals surface area contributed by atoms with Crippen molar-refractivity contribution in [1.82, 2.24) is 30.0 Å². The van der Waals surface area contributed by atoms with Crippen LogP contribution >= 0.6 is 11.6 Å². The molecule has 0 aliphatic carbocycles. The fourth-order valence-electron chi connectivity index (χ4n) is 4.25. The van der Waals surface area contributed by atoms with E-state index in [9.17, 15) is 4.79 Å². The first-order chi connectivity index (χ1) is 17.1. The lowest BCUT2D eigenvalue weighted by molar-refractivity contribution is -0.127. The van der Waals surface area contributed by atoms with Crippen molar-refractivity contribution in [2.75, 3.05) is 18.4 Å². The van der Waals surface area contributed by atoms with E-state index in [-0.39, 0.29) is 11.8 Å². The summed E-state index contributed by atoms with van der Waals surface area (Å²) in [5.74, 6) is 1.39. The summed E-state index contributed by atoms with van der Waals surface area (Å²) in [5, 5.41) is 12.2. The van der Waals surface area contributed by atoms with E-state index in [2.05, 4.69) is 37.0 Å². The van der Waals surface area contributed by atoms with Gasteiger partial charge in [0.25, 0.3) is 0 Å². The number of aromatic amines is 1. The SMILES string of the molecule is C=CC(=O)N1CCC(c2[nH]nc3ncnc(Nc4ccc(OCc5ccccn5)c(Cl)c4)c23)CC1. The molecule has 35 heavy (non-hydrogen) atoms. The number of ether oxygens (including phenoxy) is 1. The van der Waals surface area contributed by atoms with E-state index in [0.717, 1.165) is 35.3 Å². The van der Waals surface area contributed by atoms with Gasteiger partial charge >= 0.3 is 0 Å². The van der Waals surface area contributed by atoms with Crippen LogP contribution in [0.3, 0.4) is 0 Å². The van der Waals surface area contributed by atoms with Crippen LogP contribution in [0.2, 0.25) is 5.02 Å². The minimum atomic E-state index is -0.0343. The van der Waals surface area contributed by atoms with Crippen molar-refractivity contribution in [2.45, 2.75) is 25.4 Å². The molecule has 178 valence electrons. The van der Waals surface area contributed by atoms with Gasteiger partial charge in [-0.25, -0.2) is 9.97 Å². The molecule has 0 radical (unpaired) electrons. The highest BCUT2D eigenvalue weighted by atomic mass is 35.5. The highest BCUT2D eigenvalue weighted by molar-refractivity contribution is 6.32. The Balaban J connectivity index is 1.33. The van der Waals surface area contributed by atoms with Crippen molar-refractivity contribution in [3.8, 4) is 5.75 Å². The average Bonchev–Trinajstić information content (AvgIpc) is 3.34. The lowest BCUT2D eigenvalue weighted by Gasteiger charge is -2.31. The molecular formula is C25H24ClN7O2. The van der Waals surface area contributed by atoms with Crippen LogP contribution < -0.4 is 10.1 Å². The molecule has 3 aromatic heterocycles. The molecule has 1 aliphatic rings. The standard InChI is InChI=1S/C25H24ClN7O2/c1-2-21(34)33-11-8-16(9-12-33)23-22-24(28-15-29-25(22)32-31-23)30-17-6-7-20(19(26)13-17)35-14-18-5-3-4-10-27-18/h2-7,10,13,15-16H,1,8-9,11-12,14H2,(H2,28,29,30,31,32). The minimum absolute atomic E-state index is 0.0343. The van der Waals surface area contributed by atoms with Crippen LogP contribution in [-0.4, -0.2) is 49.0 Å². The number of rotatable bonds is 7. The Morgan fingerprint density at radius 3 is 2.83 bits per heavy atom. The Hall–Kier alpha value is -3.98. The second-order valence-corrected chi connectivity index (χ2v) is 8.65. The van der Waals surface area contributed by atoms with Crippen molar-refractivity contribution < 1.29 is 9.53 Å². The molecule has 0 spiro atoms. The molecule has 0 bridgehead atoms. The molecular weight excluding hydrogens is 466 g/mol. The summed E-state index contributed by atoms with van der Waals surface area (Å²) >= 11 is 6.49. The third kappa shape index (κ3) is 4.95. The third-order valence-corrected chi connectivity index (χ3v) is 6.36. The van der Waals surface area contributed by atoms with Gasteiger partial charge in [0.1, 0.15) is 24.5 Å². The number of H-pyrrole nitrogens is 1. The van der Waals surface area contributed by atoms with E-state index in [4.69, 9.17) is 16.3 Å². The monoisotopic (exact) mass is 489 g/mol. The van der Waals surface area contributed by atoms with Gasteiger partial charge in [-0.05, 0) is 49.2 Å². The molecule has 4 aromatic rings. The van der Waals surface area contributed by atoms with Gasteiger partial charge in [0.2, 0.25) is 5.91 Å². The van der Waals surface area contributed by atoms with Crippen LogP contribution in [0.5, 0.6) is 5.75 Å². The van der Waals surface area contributed by atoms with E-state index in [1.165, 1.54) is 12.4 Å². The maximum absolute atomic E-state index is 11.9. The Morgan fingerprint density at radius 1 is 1.23 bits per heavy atom. The van der Waals surface area contributed by atoms with E-state index in [0.29, 0.717) is 41.9 Å².